The van der Waals surface area contributed by atoms with E-state index in [1.165, 1.54) is 0 Å². The van der Waals surface area contributed by atoms with Gasteiger partial charge in [-0.1, -0.05) is 54.1 Å². The number of hydrogen-bond acceptors (Lipinski definition) is 5. The first kappa shape index (κ1) is 23.0. The van der Waals surface area contributed by atoms with Crippen LogP contribution in [0.4, 0.5) is 11.4 Å². The van der Waals surface area contributed by atoms with Crippen molar-refractivity contribution in [1.29, 1.82) is 0 Å². The normalized spacial score (nSPS) is 10.8. The predicted octanol–water partition coefficient (Wildman–Crippen LogP) is 5.15. The van der Waals surface area contributed by atoms with Crippen LogP contribution in [0.5, 0.6) is 0 Å². The molecule has 0 fully saturated rings. The molecule has 3 aromatic carbocycles. The summed E-state index contributed by atoms with van der Waals surface area (Å²) in [4.78, 5) is 12.9. The Labute approximate surface area is 187 Å². The minimum absolute atomic E-state index is 0.00462. The number of para-hydroxylation sites is 1. The van der Waals surface area contributed by atoms with E-state index in [9.17, 15) is 4.79 Å². The van der Waals surface area contributed by atoms with Crippen molar-refractivity contribution >= 4 is 28.8 Å². The number of rotatable bonds is 11. The monoisotopic (exact) mass is 439 g/mol. The van der Waals surface area contributed by atoms with Gasteiger partial charge in [0.1, 0.15) is 0 Å². The molecular formula is C25H26ClNO4. The fourth-order valence-corrected chi connectivity index (χ4v) is 3.41. The fraction of sp³-hybridized carbons (Fsp3) is 0.240. The molecule has 3 aromatic rings. The van der Waals surface area contributed by atoms with E-state index in [-0.39, 0.29) is 12.4 Å². The van der Waals surface area contributed by atoms with Gasteiger partial charge in [-0.2, -0.15) is 0 Å². The highest BCUT2D eigenvalue weighted by Gasteiger charge is 2.15. The standard InChI is InChI=1S/C25H26ClNO4/c1-18-6-2-4-8-21(18)25(29)22-11-10-20(16-23(22)26)27-24-9-5-3-7-19(24)17-31-15-14-30-13-12-28/h2-11,16,27-28H,12-15,17H2,1H3. The molecule has 0 radical (unpaired) electrons. The Kier molecular flexibility index (Phi) is 8.62. The van der Waals surface area contributed by atoms with Gasteiger partial charge in [0.05, 0.1) is 38.1 Å². The molecule has 0 aliphatic carbocycles. The van der Waals surface area contributed by atoms with Crippen molar-refractivity contribution in [3.63, 3.8) is 0 Å². The molecule has 0 aliphatic rings. The number of ketones is 1. The largest absolute Gasteiger partial charge is 0.394 e. The Hall–Kier alpha value is -2.70. The Morgan fingerprint density at radius 3 is 2.45 bits per heavy atom. The molecule has 0 spiro atoms. The van der Waals surface area contributed by atoms with E-state index in [4.69, 9.17) is 26.2 Å². The SMILES string of the molecule is Cc1ccccc1C(=O)c1ccc(Nc2ccccc2COCCOCCO)cc1Cl. The summed E-state index contributed by atoms with van der Waals surface area (Å²) < 4.78 is 10.9. The molecule has 0 amide bonds. The molecule has 162 valence electrons. The van der Waals surface area contributed by atoms with Crippen LogP contribution in [0.2, 0.25) is 5.02 Å². The molecule has 0 aliphatic heterocycles. The molecule has 6 heteroatoms. The summed E-state index contributed by atoms with van der Waals surface area (Å²) in [6.07, 6.45) is 0. The van der Waals surface area contributed by atoms with E-state index in [1.807, 2.05) is 61.5 Å². The minimum Gasteiger partial charge on any atom is -0.394 e. The lowest BCUT2D eigenvalue weighted by molar-refractivity contribution is 0.0275. The van der Waals surface area contributed by atoms with Crippen LogP contribution in [0, 0.1) is 6.92 Å². The van der Waals surface area contributed by atoms with Crippen LogP contribution in [0.3, 0.4) is 0 Å². The summed E-state index contributed by atoms with van der Waals surface area (Å²) in [6.45, 7) is 3.52. The second-order valence-electron chi connectivity index (χ2n) is 7.01. The smallest absolute Gasteiger partial charge is 0.194 e. The number of ether oxygens (including phenoxy) is 2. The number of halogens is 1. The average Bonchev–Trinajstić information content (AvgIpc) is 2.77. The molecule has 2 N–H and O–H groups in total. The van der Waals surface area contributed by atoms with Crippen molar-refractivity contribution in [1.82, 2.24) is 0 Å². The van der Waals surface area contributed by atoms with Crippen LogP contribution in [-0.4, -0.2) is 37.3 Å². The van der Waals surface area contributed by atoms with Crippen LogP contribution >= 0.6 is 11.6 Å². The number of aliphatic hydroxyl groups excluding tert-OH is 1. The second kappa shape index (κ2) is 11.6. The minimum atomic E-state index is -0.0909. The summed E-state index contributed by atoms with van der Waals surface area (Å²) in [5, 5.41) is 12.5. The van der Waals surface area contributed by atoms with E-state index in [0.29, 0.717) is 42.6 Å². The fourth-order valence-electron chi connectivity index (χ4n) is 3.14. The van der Waals surface area contributed by atoms with Gasteiger partial charge < -0.3 is 19.9 Å². The van der Waals surface area contributed by atoms with Crippen molar-refractivity contribution in [2.45, 2.75) is 13.5 Å². The van der Waals surface area contributed by atoms with Crippen LogP contribution in [0.15, 0.2) is 66.7 Å². The number of benzene rings is 3. The zero-order valence-electron chi connectivity index (χ0n) is 17.4. The van der Waals surface area contributed by atoms with Crippen molar-refractivity contribution in [3.05, 3.63) is 94.0 Å². The van der Waals surface area contributed by atoms with Gasteiger partial charge in [-0.15, -0.1) is 0 Å². The molecule has 31 heavy (non-hydrogen) atoms. The average molecular weight is 440 g/mol. The maximum atomic E-state index is 12.9. The molecule has 0 heterocycles. The third-order valence-electron chi connectivity index (χ3n) is 4.76. The number of anilines is 2. The first-order valence-corrected chi connectivity index (χ1v) is 10.5. The van der Waals surface area contributed by atoms with Gasteiger partial charge in [0.25, 0.3) is 0 Å². The van der Waals surface area contributed by atoms with E-state index >= 15 is 0 Å². The van der Waals surface area contributed by atoms with E-state index in [0.717, 1.165) is 22.5 Å². The zero-order valence-corrected chi connectivity index (χ0v) is 18.2. The number of hydrogen-bond donors (Lipinski definition) is 2. The Bertz CT molecular complexity index is 1020. The van der Waals surface area contributed by atoms with Crippen molar-refractivity contribution in [2.24, 2.45) is 0 Å². The summed E-state index contributed by atoms with van der Waals surface area (Å²) in [6, 6.07) is 20.7. The third-order valence-corrected chi connectivity index (χ3v) is 5.08. The summed E-state index contributed by atoms with van der Waals surface area (Å²) >= 11 is 6.46. The number of carbonyl (C=O) groups is 1. The molecule has 0 saturated heterocycles. The van der Waals surface area contributed by atoms with Crippen molar-refractivity contribution in [2.75, 3.05) is 31.7 Å². The molecule has 5 nitrogen and oxygen atoms in total. The van der Waals surface area contributed by atoms with E-state index in [1.54, 1.807) is 12.1 Å². The lowest BCUT2D eigenvalue weighted by Gasteiger charge is -2.14. The maximum Gasteiger partial charge on any atom is 0.194 e. The van der Waals surface area contributed by atoms with Crippen molar-refractivity contribution in [3.8, 4) is 0 Å². The van der Waals surface area contributed by atoms with Gasteiger partial charge in [0, 0.05) is 28.1 Å². The van der Waals surface area contributed by atoms with Gasteiger partial charge in [-0.3, -0.25) is 4.79 Å². The Morgan fingerprint density at radius 2 is 1.68 bits per heavy atom. The van der Waals surface area contributed by atoms with E-state index < -0.39 is 0 Å². The highest BCUT2D eigenvalue weighted by atomic mass is 35.5. The zero-order chi connectivity index (χ0) is 22.1. The summed E-state index contributed by atoms with van der Waals surface area (Å²) in [7, 11) is 0. The molecule has 0 unspecified atom stereocenters. The quantitative estimate of drug-likeness (QED) is 0.319. The predicted molar refractivity (Wildman–Crippen MR) is 123 cm³/mol. The van der Waals surface area contributed by atoms with Gasteiger partial charge in [-0.25, -0.2) is 0 Å². The van der Waals surface area contributed by atoms with Gasteiger partial charge in [0.15, 0.2) is 5.78 Å². The summed E-state index contributed by atoms with van der Waals surface area (Å²) in [5.74, 6) is -0.0909. The molecule has 0 bridgehead atoms. The highest BCUT2D eigenvalue weighted by molar-refractivity contribution is 6.35. The Morgan fingerprint density at radius 1 is 0.935 bits per heavy atom. The maximum absolute atomic E-state index is 12.9. The van der Waals surface area contributed by atoms with Crippen LogP contribution < -0.4 is 5.32 Å². The van der Waals surface area contributed by atoms with Crippen molar-refractivity contribution < 1.29 is 19.4 Å². The Balaban J connectivity index is 1.68. The van der Waals surface area contributed by atoms with E-state index in [2.05, 4.69) is 5.32 Å². The lowest BCUT2D eigenvalue weighted by atomic mass is 9.99. The third kappa shape index (κ3) is 6.39. The number of aliphatic hydroxyl groups is 1. The summed E-state index contributed by atoms with van der Waals surface area (Å²) in [5.41, 5.74) is 4.71. The molecule has 0 aromatic heterocycles. The van der Waals surface area contributed by atoms with Crippen LogP contribution in [0.25, 0.3) is 0 Å². The van der Waals surface area contributed by atoms with Gasteiger partial charge >= 0.3 is 0 Å². The topological polar surface area (TPSA) is 67.8 Å². The first-order valence-electron chi connectivity index (χ1n) is 10.1. The highest BCUT2D eigenvalue weighted by Crippen LogP contribution is 2.28. The molecule has 3 rings (SSSR count). The first-order chi connectivity index (χ1) is 15.1. The molecule has 0 saturated carbocycles. The molecule has 0 atom stereocenters. The lowest BCUT2D eigenvalue weighted by Crippen LogP contribution is -2.08. The number of carbonyl (C=O) groups excluding carboxylic acids is 1. The van der Waals surface area contributed by atoms with Gasteiger partial charge in [0.2, 0.25) is 0 Å². The second-order valence-corrected chi connectivity index (χ2v) is 7.42. The van der Waals surface area contributed by atoms with Gasteiger partial charge in [-0.05, 0) is 36.8 Å². The van der Waals surface area contributed by atoms with Crippen LogP contribution in [0.1, 0.15) is 27.0 Å². The number of aryl methyl sites for hydroxylation is 1. The van der Waals surface area contributed by atoms with Crippen LogP contribution in [-0.2, 0) is 16.1 Å². The number of nitrogens with one attached hydrogen (secondary N) is 1. The molecular weight excluding hydrogens is 414 g/mol.